The Bertz CT molecular complexity index is 595. The van der Waals surface area contributed by atoms with E-state index >= 15 is 0 Å². The van der Waals surface area contributed by atoms with Gasteiger partial charge in [-0.15, -0.1) is 24.0 Å². The Morgan fingerprint density at radius 1 is 1.33 bits per heavy atom. The number of ether oxygens (including phenoxy) is 2. The Labute approximate surface area is 179 Å². The minimum atomic E-state index is 0. The zero-order valence-corrected chi connectivity index (χ0v) is 18.7. The van der Waals surface area contributed by atoms with Crippen molar-refractivity contribution in [3.05, 3.63) is 23.9 Å². The van der Waals surface area contributed by atoms with Crippen LogP contribution in [-0.4, -0.2) is 79.3 Å². The van der Waals surface area contributed by atoms with Crippen LogP contribution in [0.5, 0.6) is 5.88 Å². The molecule has 1 aromatic heterocycles. The summed E-state index contributed by atoms with van der Waals surface area (Å²) in [6.45, 7) is 12.0. The van der Waals surface area contributed by atoms with E-state index in [9.17, 15) is 0 Å². The van der Waals surface area contributed by atoms with Crippen molar-refractivity contribution in [1.82, 2.24) is 20.1 Å². The summed E-state index contributed by atoms with van der Waals surface area (Å²) in [5.74, 6) is 1.66. The number of aliphatic imine (C=N–C) groups is 1. The molecular formula is C19H32IN5O2. The van der Waals surface area contributed by atoms with Gasteiger partial charge >= 0.3 is 0 Å². The van der Waals surface area contributed by atoms with Gasteiger partial charge in [0.05, 0.1) is 26.4 Å². The summed E-state index contributed by atoms with van der Waals surface area (Å²) < 4.78 is 11.1. The van der Waals surface area contributed by atoms with Crippen molar-refractivity contribution in [2.24, 2.45) is 4.99 Å². The first-order valence-corrected chi connectivity index (χ1v) is 9.73. The molecule has 1 unspecified atom stereocenters. The third-order valence-electron chi connectivity index (χ3n) is 4.89. The van der Waals surface area contributed by atoms with E-state index < -0.39 is 0 Å². The van der Waals surface area contributed by atoms with Crippen LogP contribution in [0.4, 0.5) is 0 Å². The Hall–Kier alpha value is -1.13. The van der Waals surface area contributed by atoms with Gasteiger partial charge in [0.2, 0.25) is 5.88 Å². The predicted octanol–water partition coefficient (Wildman–Crippen LogP) is 1.97. The van der Waals surface area contributed by atoms with Crippen molar-refractivity contribution in [2.75, 3.05) is 52.5 Å². The summed E-state index contributed by atoms with van der Waals surface area (Å²) in [5.41, 5.74) is 1.02. The van der Waals surface area contributed by atoms with Crippen LogP contribution >= 0.6 is 24.0 Å². The summed E-state index contributed by atoms with van der Waals surface area (Å²) in [5, 5.41) is 3.44. The van der Waals surface area contributed by atoms with Gasteiger partial charge in [0.15, 0.2) is 5.96 Å². The highest BCUT2D eigenvalue weighted by Gasteiger charge is 2.30. The predicted molar refractivity (Wildman–Crippen MR) is 118 cm³/mol. The average molecular weight is 489 g/mol. The number of hydrogen-bond acceptors (Lipinski definition) is 5. The molecule has 1 atom stereocenters. The molecule has 2 saturated heterocycles. The van der Waals surface area contributed by atoms with E-state index in [0.717, 1.165) is 57.5 Å². The monoisotopic (exact) mass is 489 g/mol. The molecular weight excluding hydrogens is 457 g/mol. The second-order valence-corrected chi connectivity index (χ2v) is 6.61. The third kappa shape index (κ3) is 6.18. The zero-order valence-electron chi connectivity index (χ0n) is 16.4. The molecule has 3 heterocycles. The highest BCUT2D eigenvalue weighted by molar-refractivity contribution is 14.0. The van der Waals surface area contributed by atoms with Gasteiger partial charge in [0, 0.05) is 50.5 Å². The molecule has 0 amide bonds. The van der Waals surface area contributed by atoms with Crippen molar-refractivity contribution in [2.45, 2.75) is 32.9 Å². The Balaban J connectivity index is 0.00000261. The van der Waals surface area contributed by atoms with E-state index in [1.807, 2.05) is 19.1 Å². The van der Waals surface area contributed by atoms with Gasteiger partial charge in [-0.25, -0.2) is 9.98 Å². The normalized spacial score (nSPS) is 21.0. The van der Waals surface area contributed by atoms with Crippen LogP contribution in [0.25, 0.3) is 0 Å². The fraction of sp³-hybridized carbons (Fsp3) is 0.684. The van der Waals surface area contributed by atoms with Crippen molar-refractivity contribution >= 4 is 29.9 Å². The lowest BCUT2D eigenvalue weighted by Crippen LogP contribution is -2.46. The standard InChI is InChI=1S/C19H31N5O2.HI/c1-3-20-19(22-14-16-6-5-8-21-18(16)26-4-2)24-9-7-17(15-24)23-10-12-25-13-11-23;/h5-6,8,17H,3-4,7,9-15H2,1-2H3,(H,20,22);1H. The smallest absolute Gasteiger partial charge is 0.218 e. The first kappa shape index (κ1) is 22.2. The van der Waals surface area contributed by atoms with Crippen LogP contribution in [0.15, 0.2) is 23.3 Å². The van der Waals surface area contributed by atoms with E-state index in [1.54, 1.807) is 6.20 Å². The van der Waals surface area contributed by atoms with E-state index in [2.05, 4.69) is 27.0 Å². The molecule has 1 N–H and O–H groups in total. The summed E-state index contributed by atoms with van der Waals surface area (Å²) in [6.07, 6.45) is 2.94. The molecule has 0 saturated carbocycles. The highest BCUT2D eigenvalue weighted by atomic mass is 127. The maximum atomic E-state index is 5.62. The van der Waals surface area contributed by atoms with E-state index in [-0.39, 0.29) is 24.0 Å². The second kappa shape index (κ2) is 11.7. The Kier molecular flexibility index (Phi) is 9.57. The fourth-order valence-corrected chi connectivity index (χ4v) is 3.57. The topological polar surface area (TPSA) is 62.2 Å². The van der Waals surface area contributed by atoms with Gasteiger partial charge < -0.3 is 19.7 Å². The quantitative estimate of drug-likeness (QED) is 0.375. The first-order valence-electron chi connectivity index (χ1n) is 9.73. The second-order valence-electron chi connectivity index (χ2n) is 6.61. The fourth-order valence-electron chi connectivity index (χ4n) is 3.57. The third-order valence-corrected chi connectivity index (χ3v) is 4.89. The molecule has 0 bridgehead atoms. The SMILES string of the molecule is CCNC(=NCc1cccnc1OCC)N1CCC(N2CCOCC2)C1.I. The molecule has 3 rings (SSSR count). The number of aromatic nitrogens is 1. The molecule has 0 spiro atoms. The van der Waals surface area contributed by atoms with Crippen molar-refractivity contribution in [1.29, 1.82) is 0 Å². The zero-order chi connectivity index (χ0) is 18.2. The number of halogens is 1. The lowest BCUT2D eigenvalue weighted by molar-refractivity contribution is 0.0195. The maximum Gasteiger partial charge on any atom is 0.218 e. The van der Waals surface area contributed by atoms with Crippen molar-refractivity contribution < 1.29 is 9.47 Å². The van der Waals surface area contributed by atoms with Gasteiger partial charge in [0.1, 0.15) is 0 Å². The number of nitrogens with zero attached hydrogens (tertiary/aromatic N) is 4. The maximum absolute atomic E-state index is 5.62. The minimum Gasteiger partial charge on any atom is -0.478 e. The molecule has 152 valence electrons. The number of rotatable bonds is 6. The molecule has 0 aliphatic carbocycles. The van der Waals surface area contributed by atoms with E-state index in [0.29, 0.717) is 25.1 Å². The number of hydrogen-bond donors (Lipinski definition) is 1. The number of likely N-dealkylation sites (tertiary alicyclic amines) is 1. The van der Waals surface area contributed by atoms with Gasteiger partial charge in [-0.1, -0.05) is 6.07 Å². The van der Waals surface area contributed by atoms with Gasteiger partial charge in [-0.05, 0) is 26.3 Å². The highest BCUT2D eigenvalue weighted by Crippen LogP contribution is 2.19. The summed E-state index contributed by atoms with van der Waals surface area (Å²) in [6, 6.07) is 4.57. The molecule has 27 heavy (non-hydrogen) atoms. The number of morpholine rings is 1. The minimum absolute atomic E-state index is 0. The van der Waals surface area contributed by atoms with Crippen molar-refractivity contribution in [3.63, 3.8) is 0 Å². The van der Waals surface area contributed by atoms with Crippen LogP contribution < -0.4 is 10.1 Å². The molecule has 1 aromatic rings. The van der Waals surface area contributed by atoms with Crippen LogP contribution in [0.3, 0.4) is 0 Å². The summed E-state index contributed by atoms with van der Waals surface area (Å²) in [7, 11) is 0. The largest absolute Gasteiger partial charge is 0.478 e. The summed E-state index contributed by atoms with van der Waals surface area (Å²) >= 11 is 0. The summed E-state index contributed by atoms with van der Waals surface area (Å²) in [4.78, 5) is 14.1. The Morgan fingerprint density at radius 2 is 2.15 bits per heavy atom. The molecule has 2 fully saturated rings. The molecule has 2 aliphatic heterocycles. The van der Waals surface area contributed by atoms with Gasteiger partial charge in [-0.3, -0.25) is 4.90 Å². The number of guanidine groups is 1. The van der Waals surface area contributed by atoms with Crippen molar-refractivity contribution in [3.8, 4) is 5.88 Å². The van der Waals surface area contributed by atoms with E-state index in [4.69, 9.17) is 14.5 Å². The van der Waals surface area contributed by atoms with Crippen LogP contribution in [0, 0.1) is 0 Å². The molecule has 8 heteroatoms. The average Bonchev–Trinajstić information content (AvgIpc) is 3.17. The molecule has 7 nitrogen and oxygen atoms in total. The van der Waals surface area contributed by atoms with E-state index in [1.165, 1.54) is 6.42 Å². The molecule has 0 radical (unpaired) electrons. The van der Waals surface area contributed by atoms with Crippen LogP contribution in [-0.2, 0) is 11.3 Å². The van der Waals surface area contributed by atoms with Crippen LogP contribution in [0.1, 0.15) is 25.8 Å². The number of pyridine rings is 1. The lowest BCUT2D eigenvalue weighted by Gasteiger charge is -2.32. The van der Waals surface area contributed by atoms with Gasteiger partial charge in [0.25, 0.3) is 0 Å². The molecule has 2 aliphatic rings. The Morgan fingerprint density at radius 3 is 2.89 bits per heavy atom. The van der Waals surface area contributed by atoms with Gasteiger partial charge in [-0.2, -0.15) is 0 Å². The lowest BCUT2D eigenvalue weighted by atomic mass is 10.2. The van der Waals surface area contributed by atoms with Crippen LogP contribution in [0.2, 0.25) is 0 Å². The first-order chi connectivity index (χ1) is 12.8. The number of nitrogens with one attached hydrogen (secondary N) is 1. The molecule has 0 aromatic carbocycles.